The summed E-state index contributed by atoms with van der Waals surface area (Å²) in [6.45, 7) is 0.731. The number of nitrogens with two attached hydrogens (primary N) is 1. The summed E-state index contributed by atoms with van der Waals surface area (Å²) in [5, 5.41) is 9.36. The molecular weight excluding hydrogens is 500 g/mol. The van der Waals surface area contributed by atoms with Gasteiger partial charge >= 0.3 is 5.97 Å². The number of carboxylic acids is 1. The number of piperidine rings is 1. The molecule has 172 valence electrons. The van der Waals surface area contributed by atoms with Crippen LogP contribution in [0.4, 0.5) is 14.5 Å². The van der Waals surface area contributed by atoms with Crippen LogP contribution in [0.15, 0.2) is 45.8 Å². The van der Waals surface area contributed by atoms with Crippen LogP contribution < -0.4 is 16.1 Å². The molecule has 0 aliphatic carbocycles. The third-order valence-electron chi connectivity index (χ3n) is 5.97. The van der Waals surface area contributed by atoms with Gasteiger partial charge in [0.2, 0.25) is 11.3 Å². The average Bonchev–Trinajstić information content (AvgIpc) is 2.77. The normalized spacial score (nSPS) is 14.6. The lowest BCUT2D eigenvalue weighted by Gasteiger charge is -2.32. The molecule has 1 aliphatic heterocycles. The number of amides is 1. The zero-order valence-electron chi connectivity index (χ0n) is 17.4. The van der Waals surface area contributed by atoms with E-state index in [9.17, 15) is 23.9 Å². The Morgan fingerprint density at radius 1 is 1.12 bits per heavy atom. The van der Waals surface area contributed by atoms with Gasteiger partial charge in [-0.15, -0.1) is 0 Å². The molecule has 0 bridgehead atoms. The number of aromatic carboxylic acids is 1. The highest BCUT2D eigenvalue weighted by molar-refractivity contribution is 9.10. The average molecular weight is 520 g/mol. The van der Waals surface area contributed by atoms with Crippen molar-refractivity contribution < 1.29 is 23.5 Å². The summed E-state index contributed by atoms with van der Waals surface area (Å²) in [5.41, 5.74) is 4.79. The summed E-state index contributed by atoms with van der Waals surface area (Å²) < 4.78 is 31.5. The van der Waals surface area contributed by atoms with Gasteiger partial charge in [-0.05, 0) is 37.1 Å². The zero-order chi connectivity index (χ0) is 23.9. The molecule has 3 N–H and O–H groups in total. The van der Waals surface area contributed by atoms with E-state index in [0.717, 1.165) is 12.3 Å². The molecule has 0 atom stereocenters. The predicted octanol–water partition coefficient (Wildman–Crippen LogP) is 3.49. The Labute approximate surface area is 195 Å². The third kappa shape index (κ3) is 4.47. The number of hydrogen-bond donors (Lipinski definition) is 2. The second-order valence-electron chi connectivity index (χ2n) is 8.03. The zero-order valence-corrected chi connectivity index (χ0v) is 18.9. The van der Waals surface area contributed by atoms with Gasteiger partial charge in [0.05, 0.1) is 17.7 Å². The van der Waals surface area contributed by atoms with E-state index >= 15 is 4.39 Å². The SMILES string of the molecule is NC(=O)C1CCN(c2cc3c(cc2F)c(=O)c(C(=O)O)cn3Cc2ccc(Br)cc2F)CC1. The number of primary amides is 1. The van der Waals surface area contributed by atoms with Crippen molar-refractivity contribution in [2.75, 3.05) is 18.0 Å². The lowest BCUT2D eigenvalue weighted by Crippen LogP contribution is -2.39. The first kappa shape index (κ1) is 22.9. The first-order chi connectivity index (χ1) is 15.7. The lowest BCUT2D eigenvalue weighted by molar-refractivity contribution is -0.122. The number of pyridine rings is 1. The second kappa shape index (κ2) is 8.93. The predicted molar refractivity (Wildman–Crippen MR) is 122 cm³/mol. The molecule has 33 heavy (non-hydrogen) atoms. The van der Waals surface area contributed by atoms with Crippen molar-refractivity contribution in [2.24, 2.45) is 11.7 Å². The molecule has 1 aromatic heterocycles. The Kier molecular flexibility index (Phi) is 6.20. The number of nitrogens with zero attached hydrogens (tertiary/aromatic N) is 2. The molecule has 1 fully saturated rings. The number of halogens is 3. The van der Waals surface area contributed by atoms with E-state index in [-0.39, 0.29) is 40.5 Å². The standard InChI is InChI=1S/C23H20BrF2N3O4/c24-14-2-1-13(17(25)7-14)10-29-11-16(23(32)33)21(30)15-8-18(26)20(9-19(15)29)28-5-3-12(4-6-28)22(27)31/h1-2,7-9,11-12H,3-6,10H2,(H2,27,31)(H,32,33). The van der Waals surface area contributed by atoms with E-state index in [4.69, 9.17) is 5.73 Å². The van der Waals surface area contributed by atoms with Crippen molar-refractivity contribution in [2.45, 2.75) is 19.4 Å². The van der Waals surface area contributed by atoms with Gasteiger partial charge in [0, 0.05) is 40.6 Å². The lowest BCUT2D eigenvalue weighted by atomic mass is 9.95. The van der Waals surface area contributed by atoms with E-state index in [1.807, 2.05) is 0 Å². The smallest absolute Gasteiger partial charge is 0.341 e. The number of rotatable bonds is 5. The van der Waals surface area contributed by atoms with E-state index in [2.05, 4.69) is 15.9 Å². The number of carboxylic acid groups (broad SMARTS) is 1. The first-order valence-electron chi connectivity index (χ1n) is 10.2. The monoisotopic (exact) mass is 519 g/mol. The van der Waals surface area contributed by atoms with Crippen LogP contribution in [0, 0.1) is 17.6 Å². The highest BCUT2D eigenvalue weighted by Crippen LogP contribution is 2.29. The molecule has 2 heterocycles. The molecule has 7 nitrogen and oxygen atoms in total. The van der Waals surface area contributed by atoms with Crippen LogP contribution in [-0.4, -0.2) is 34.6 Å². The summed E-state index contributed by atoms with van der Waals surface area (Å²) in [4.78, 5) is 37.6. The van der Waals surface area contributed by atoms with E-state index in [1.165, 1.54) is 16.7 Å². The van der Waals surface area contributed by atoms with Gasteiger partial charge < -0.3 is 20.3 Å². The topological polar surface area (TPSA) is 106 Å². The van der Waals surface area contributed by atoms with Gasteiger partial charge in [0.15, 0.2) is 0 Å². The number of aromatic nitrogens is 1. The fourth-order valence-electron chi connectivity index (χ4n) is 4.16. The maximum Gasteiger partial charge on any atom is 0.341 e. The minimum Gasteiger partial charge on any atom is -0.477 e. The summed E-state index contributed by atoms with van der Waals surface area (Å²) in [5.74, 6) is -3.31. The highest BCUT2D eigenvalue weighted by Gasteiger charge is 2.26. The third-order valence-corrected chi connectivity index (χ3v) is 6.47. The van der Waals surface area contributed by atoms with Gasteiger partial charge in [-0.25, -0.2) is 13.6 Å². The molecule has 0 radical (unpaired) electrons. The number of fused-ring (bicyclic) bond motifs is 1. The van der Waals surface area contributed by atoms with Crippen molar-refractivity contribution >= 4 is 44.4 Å². The van der Waals surface area contributed by atoms with Crippen molar-refractivity contribution in [1.82, 2.24) is 4.57 Å². The summed E-state index contributed by atoms with van der Waals surface area (Å²) in [7, 11) is 0. The van der Waals surface area contributed by atoms with Crippen LogP contribution >= 0.6 is 15.9 Å². The van der Waals surface area contributed by atoms with E-state index in [0.29, 0.717) is 30.4 Å². The molecule has 10 heteroatoms. The van der Waals surface area contributed by atoms with Gasteiger partial charge in [0.1, 0.15) is 17.2 Å². The summed E-state index contributed by atoms with van der Waals surface area (Å²) in [6.07, 6.45) is 2.10. The molecule has 1 amide bonds. The van der Waals surface area contributed by atoms with Crippen LogP contribution in [0.3, 0.4) is 0 Å². The van der Waals surface area contributed by atoms with Crippen LogP contribution in [-0.2, 0) is 11.3 Å². The molecule has 0 unspecified atom stereocenters. The Morgan fingerprint density at radius 3 is 2.42 bits per heavy atom. The van der Waals surface area contributed by atoms with Crippen LogP contribution in [0.25, 0.3) is 10.9 Å². The van der Waals surface area contributed by atoms with Crippen molar-refractivity contribution in [1.29, 1.82) is 0 Å². The molecule has 1 saturated heterocycles. The quantitative estimate of drug-likeness (QED) is 0.536. The van der Waals surface area contributed by atoms with Crippen molar-refractivity contribution in [3.63, 3.8) is 0 Å². The Morgan fingerprint density at radius 2 is 1.82 bits per heavy atom. The van der Waals surface area contributed by atoms with Gasteiger partial charge in [0.25, 0.3) is 0 Å². The van der Waals surface area contributed by atoms with Crippen LogP contribution in [0.1, 0.15) is 28.8 Å². The number of anilines is 1. The molecule has 0 saturated carbocycles. The van der Waals surface area contributed by atoms with Gasteiger partial charge in [-0.1, -0.05) is 22.0 Å². The molecule has 1 aliphatic rings. The maximum absolute atomic E-state index is 15.0. The molecule has 2 aromatic carbocycles. The summed E-state index contributed by atoms with van der Waals surface area (Å²) >= 11 is 3.19. The Bertz CT molecular complexity index is 1330. The maximum atomic E-state index is 15.0. The van der Waals surface area contributed by atoms with Crippen molar-refractivity contribution in [3.05, 3.63) is 74.0 Å². The number of hydrogen-bond acceptors (Lipinski definition) is 4. The largest absolute Gasteiger partial charge is 0.477 e. The molecular formula is C23H20BrF2N3O4. The van der Waals surface area contributed by atoms with Gasteiger partial charge in [-0.2, -0.15) is 0 Å². The minimum absolute atomic E-state index is 0.0645. The number of carbonyl (C=O) groups excluding carboxylic acids is 1. The minimum atomic E-state index is -1.45. The van der Waals surface area contributed by atoms with Crippen LogP contribution in [0.5, 0.6) is 0 Å². The second-order valence-corrected chi connectivity index (χ2v) is 8.94. The van der Waals surface area contributed by atoms with Crippen molar-refractivity contribution in [3.8, 4) is 0 Å². The first-order valence-corrected chi connectivity index (χ1v) is 11.0. The number of benzene rings is 2. The molecule has 4 rings (SSSR count). The number of carbonyl (C=O) groups is 2. The highest BCUT2D eigenvalue weighted by atomic mass is 79.9. The Hall–Kier alpha value is -3.27. The molecule has 3 aromatic rings. The Balaban J connectivity index is 1.84. The fourth-order valence-corrected chi connectivity index (χ4v) is 4.50. The van der Waals surface area contributed by atoms with Gasteiger partial charge in [-0.3, -0.25) is 9.59 Å². The van der Waals surface area contributed by atoms with E-state index < -0.39 is 28.6 Å². The molecule has 0 spiro atoms. The summed E-state index contributed by atoms with van der Waals surface area (Å²) in [6, 6.07) is 6.97. The van der Waals surface area contributed by atoms with E-state index in [1.54, 1.807) is 17.0 Å². The van der Waals surface area contributed by atoms with Crippen LogP contribution in [0.2, 0.25) is 0 Å². The fraction of sp³-hybridized carbons (Fsp3) is 0.261.